The van der Waals surface area contributed by atoms with Gasteiger partial charge in [-0.2, -0.15) is 0 Å². The van der Waals surface area contributed by atoms with Crippen molar-refractivity contribution in [3.8, 4) is 0 Å². The first kappa shape index (κ1) is 15.9. The van der Waals surface area contributed by atoms with Crippen LogP contribution in [0.5, 0.6) is 0 Å². The lowest BCUT2D eigenvalue weighted by Gasteiger charge is -2.41. The van der Waals surface area contributed by atoms with Crippen LogP contribution in [0, 0.1) is 5.92 Å². The first-order chi connectivity index (χ1) is 8.65. The normalized spacial score (nSPS) is 31.8. The third kappa shape index (κ3) is 4.87. The van der Waals surface area contributed by atoms with Gasteiger partial charge in [0.15, 0.2) is 0 Å². The van der Waals surface area contributed by atoms with Crippen LogP contribution in [-0.4, -0.2) is 61.7 Å². The molecule has 2 heterocycles. The van der Waals surface area contributed by atoms with Crippen LogP contribution in [0.25, 0.3) is 0 Å². The number of nitrogens with one attached hydrogen (secondary N) is 1. The quantitative estimate of drug-likeness (QED) is 0.814. The highest BCUT2D eigenvalue weighted by Crippen LogP contribution is 2.19. The summed E-state index contributed by atoms with van der Waals surface area (Å²) in [5.74, 6) is 0.934. The predicted molar refractivity (Wildman–Crippen MR) is 80.1 cm³/mol. The van der Waals surface area contributed by atoms with Gasteiger partial charge in [0.2, 0.25) is 0 Å². The summed E-state index contributed by atoms with van der Waals surface area (Å²) in [5, 5.41) is 3.56. The third-order valence-electron chi connectivity index (χ3n) is 4.22. The van der Waals surface area contributed by atoms with Gasteiger partial charge in [0.25, 0.3) is 0 Å². The Morgan fingerprint density at radius 1 is 1.11 bits per heavy atom. The van der Waals surface area contributed by atoms with Crippen molar-refractivity contribution >= 4 is 0 Å². The molecule has 2 atom stereocenters. The van der Waals surface area contributed by atoms with Gasteiger partial charge < -0.3 is 10.2 Å². The second kappa shape index (κ2) is 8.13. The molecular weight excluding hydrogens is 222 g/mol. The van der Waals surface area contributed by atoms with Gasteiger partial charge in [-0.15, -0.1) is 0 Å². The molecule has 0 aromatic rings. The van der Waals surface area contributed by atoms with Crippen molar-refractivity contribution in [1.82, 2.24) is 15.1 Å². The maximum atomic E-state index is 3.56. The first-order valence-electron chi connectivity index (χ1n) is 7.81. The van der Waals surface area contributed by atoms with E-state index in [0.717, 1.165) is 18.5 Å². The number of hydrogen-bond donors (Lipinski definition) is 1. The molecule has 0 aromatic heterocycles. The maximum absolute atomic E-state index is 3.56. The number of piperazine rings is 1. The van der Waals surface area contributed by atoms with E-state index < -0.39 is 0 Å². The van der Waals surface area contributed by atoms with E-state index in [1.165, 1.54) is 39.0 Å². The molecule has 2 rings (SSSR count). The molecule has 2 aliphatic heterocycles. The van der Waals surface area contributed by atoms with Crippen molar-refractivity contribution < 1.29 is 0 Å². The second-order valence-electron chi connectivity index (χ2n) is 5.86. The fourth-order valence-electron chi connectivity index (χ4n) is 2.93. The molecule has 3 heteroatoms. The molecular formula is C15H33N3. The van der Waals surface area contributed by atoms with Crippen LogP contribution in [0.2, 0.25) is 0 Å². The molecule has 18 heavy (non-hydrogen) atoms. The van der Waals surface area contributed by atoms with Crippen molar-refractivity contribution in [2.45, 2.75) is 52.6 Å². The first-order valence-corrected chi connectivity index (χ1v) is 7.81. The minimum Gasteiger partial charge on any atom is -0.311 e. The average Bonchev–Trinajstić information content (AvgIpc) is 2.39. The monoisotopic (exact) mass is 255 g/mol. The topological polar surface area (TPSA) is 18.5 Å². The lowest BCUT2D eigenvalue weighted by atomic mass is 9.95. The molecule has 0 saturated carbocycles. The smallest absolute Gasteiger partial charge is 0.0193 e. The molecule has 2 aliphatic rings. The maximum Gasteiger partial charge on any atom is 0.0193 e. The molecule has 0 radical (unpaired) electrons. The highest BCUT2D eigenvalue weighted by molar-refractivity contribution is 4.84. The SMILES string of the molecule is CC.CC1CN(CC2CCN(C)CC2)[C@H](C)CN1. The van der Waals surface area contributed by atoms with E-state index in [0.29, 0.717) is 6.04 Å². The van der Waals surface area contributed by atoms with Gasteiger partial charge in [0.1, 0.15) is 0 Å². The third-order valence-corrected chi connectivity index (χ3v) is 4.22. The molecule has 1 unspecified atom stereocenters. The standard InChI is InChI=1S/C13H27N3.C2H6/c1-11-9-16(12(2)8-14-11)10-13-4-6-15(3)7-5-13;1-2/h11-14H,4-10H2,1-3H3;1-2H3/t11?,12-;/m1./s1. The number of hydrogen-bond acceptors (Lipinski definition) is 3. The van der Waals surface area contributed by atoms with Crippen LogP contribution >= 0.6 is 0 Å². The van der Waals surface area contributed by atoms with E-state index in [1.54, 1.807) is 0 Å². The highest BCUT2D eigenvalue weighted by atomic mass is 15.2. The van der Waals surface area contributed by atoms with Gasteiger partial charge in [0, 0.05) is 31.7 Å². The fraction of sp³-hybridized carbons (Fsp3) is 1.00. The van der Waals surface area contributed by atoms with E-state index in [2.05, 4.69) is 36.0 Å². The molecule has 0 amide bonds. The Kier molecular flexibility index (Phi) is 7.20. The van der Waals surface area contributed by atoms with Crippen LogP contribution in [0.4, 0.5) is 0 Å². The zero-order valence-corrected chi connectivity index (χ0v) is 13.1. The zero-order chi connectivity index (χ0) is 13.5. The highest BCUT2D eigenvalue weighted by Gasteiger charge is 2.26. The summed E-state index contributed by atoms with van der Waals surface area (Å²) in [6, 6.07) is 1.39. The molecule has 1 N–H and O–H groups in total. The summed E-state index contributed by atoms with van der Waals surface area (Å²) in [5.41, 5.74) is 0. The van der Waals surface area contributed by atoms with Crippen LogP contribution in [0.1, 0.15) is 40.5 Å². The zero-order valence-electron chi connectivity index (χ0n) is 13.1. The minimum atomic E-state index is 0.669. The van der Waals surface area contributed by atoms with Gasteiger partial charge in [0.05, 0.1) is 0 Å². The van der Waals surface area contributed by atoms with E-state index >= 15 is 0 Å². The van der Waals surface area contributed by atoms with Crippen LogP contribution in [0.3, 0.4) is 0 Å². The fourth-order valence-corrected chi connectivity index (χ4v) is 2.93. The molecule has 0 spiro atoms. The summed E-state index contributed by atoms with van der Waals surface area (Å²) < 4.78 is 0. The average molecular weight is 255 g/mol. The van der Waals surface area contributed by atoms with Crippen molar-refractivity contribution in [3.05, 3.63) is 0 Å². The van der Waals surface area contributed by atoms with E-state index in [4.69, 9.17) is 0 Å². The Bertz CT molecular complexity index is 212. The van der Waals surface area contributed by atoms with Crippen molar-refractivity contribution in [2.75, 3.05) is 39.8 Å². The van der Waals surface area contributed by atoms with Crippen molar-refractivity contribution in [2.24, 2.45) is 5.92 Å². The van der Waals surface area contributed by atoms with Crippen LogP contribution in [0.15, 0.2) is 0 Å². The molecule has 2 saturated heterocycles. The molecule has 0 aromatic carbocycles. The molecule has 2 fully saturated rings. The molecule has 3 nitrogen and oxygen atoms in total. The minimum absolute atomic E-state index is 0.669. The van der Waals surface area contributed by atoms with E-state index in [1.807, 2.05) is 13.8 Å². The summed E-state index contributed by atoms with van der Waals surface area (Å²) in [6.45, 7) is 14.9. The lowest BCUT2D eigenvalue weighted by molar-refractivity contribution is 0.100. The Morgan fingerprint density at radius 2 is 1.72 bits per heavy atom. The van der Waals surface area contributed by atoms with Crippen molar-refractivity contribution in [1.29, 1.82) is 0 Å². The predicted octanol–water partition coefficient (Wildman–Crippen LogP) is 2.04. The summed E-state index contributed by atoms with van der Waals surface area (Å²) in [7, 11) is 2.24. The van der Waals surface area contributed by atoms with Gasteiger partial charge in [-0.25, -0.2) is 0 Å². The second-order valence-corrected chi connectivity index (χ2v) is 5.86. The van der Waals surface area contributed by atoms with Gasteiger partial charge >= 0.3 is 0 Å². The van der Waals surface area contributed by atoms with Gasteiger partial charge in [-0.05, 0) is 52.7 Å². The number of rotatable bonds is 2. The van der Waals surface area contributed by atoms with Gasteiger partial charge in [-0.1, -0.05) is 13.8 Å². The largest absolute Gasteiger partial charge is 0.311 e. The Morgan fingerprint density at radius 3 is 2.33 bits per heavy atom. The van der Waals surface area contributed by atoms with E-state index in [9.17, 15) is 0 Å². The van der Waals surface area contributed by atoms with Crippen molar-refractivity contribution in [3.63, 3.8) is 0 Å². The molecule has 0 aliphatic carbocycles. The Balaban J connectivity index is 0.000000771. The van der Waals surface area contributed by atoms with Crippen LogP contribution < -0.4 is 5.32 Å². The lowest BCUT2D eigenvalue weighted by Crippen LogP contribution is -2.55. The summed E-state index contributed by atoms with van der Waals surface area (Å²) >= 11 is 0. The molecule has 0 bridgehead atoms. The molecule has 108 valence electrons. The van der Waals surface area contributed by atoms with Crippen LogP contribution in [-0.2, 0) is 0 Å². The summed E-state index contributed by atoms with van der Waals surface area (Å²) in [4.78, 5) is 5.15. The Labute approximate surface area is 114 Å². The number of piperidine rings is 1. The number of likely N-dealkylation sites (tertiary alicyclic amines) is 1. The van der Waals surface area contributed by atoms with E-state index in [-0.39, 0.29) is 0 Å². The number of nitrogens with zero attached hydrogens (tertiary/aromatic N) is 2. The Hall–Kier alpha value is -0.120. The van der Waals surface area contributed by atoms with Gasteiger partial charge in [-0.3, -0.25) is 4.90 Å². The summed E-state index contributed by atoms with van der Waals surface area (Å²) in [6.07, 6.45) is 2.78.